The van der Waals surface area contributed by atoms with Crippen molar-refractivity contribution in [2.45, 2.75) is 17.1 Å². The third-order valence-electron chi connectivity index (χ3n) is 3.88. The van der Waals surface area contributed by atoms with Crippen LogP contribution in [0.15, 0.2) is 48.5 Å². The molecule has 0 radical (unpaired) electrons. The van der Waals surface area contributed by atoms with E-state index < -0.39 is 4.08 Å². The zero-order valence-electron chi connectivity index (χ0n) is 13.6. The molecule has 1 aliphatic heterocycles. The van der Waals surface area contributed by atoms with Crippen molar-refractivity contribution in [1.82, 2.24) is 0 Å². The van der Waals surface area contributed by atoms with E-state index in [2.05, 4.69) is 0 Å². The number of methoxy groups -OCH3 is 1. The van der Waals surface area contributed by atoms with E-state index in [4.69, 9.17) is 9.47 Å². The predicted octanol–water partition coefficient (Wildman–Crippen LogP) is 4.50. The van der Waals surface area contributed by atoms with Crippen molar-refractivity contribution in [3.05, 3.63) is 59.7 Å². The third-order valence-corrected chi connectivity index (χ3v) is 7.09. The fraction of sp³-hybridized carbons (Fsp3) is 0.316. The summed E-state index contributed by atoms with van der Waals surface area (Å²) in [5.74, 6) is 3.36. The lowest BCUT2D eigenvalue weighted by atomic mass is 10.1. The van der Waals surface area contributed by atoms with E-state index in [9.17, 15) is 4.79 Å². The molecule has 2 aromatic rings. The van der Waals surface area contributed by atoms with Crippen molar-refractivity contribution < 1.29 is 14.3 Å². The second kappa shape index (κ2) is 7.99. The number of carbonyl (C=O) groups is 1. The highest BCUT2D eigenvalue weighted by Gasteiger charge is 2.36. The first kappa shape index (κ1) is 17.2. The molecule has 1 heterocycles. The van der Waals surface area contributed by atoms with Gasteiger partial charge in [0.15, 0.2) is 17.8 Å². The molecule has 1 fully saturated rings. The fourth-order valence-electron chi connectivity index (χ4n) is 2.59. The fourth-order valence-corrected chi connectivity index (χ4v) is 5.51. The molecule has 1 aliphatic rings. The van der Waals surface area contributed by atoms with Gasteiger partial charge in [-0.3, -0.25) is 0 Å². The first-order valence-electron chi connectivity index (χ1n) is 7.87. The van der Waals surface area contributed by atoms with Crippen LogP contribution in [0.5, 0.6) is 11.5 Å². The van der Waals surface area contributed by atoms with Gasteiger partial charge in [-0.1, -0.05) is 36.4 Å². The SMILES string of the molecule is COc1cc(C2(C=O)SCCCS2)ccc1OCc1ccccc1. The van der Waals surface area contributed by atoms with Gasteiger partial charge in [-0.25, -0.2) is 0 Å². The van der Waals surface area contributed by atoms with Crippen molar-refractivity contribution in [3.8, 4) is 11.5 Å². The van der Waals surface area contributed by atoms with Crippen molar-refractivity contribution >= 4 is 29.8 Å². The average molecular weight is 361 g/mol. The summed E-state index contributed by atoms with van der Waals surface area (Å²) in [4.78, 5) is 11.8. The Bertz CT molecular complexity index is 682. The minimum Gasteiger partial charge on any atom is -0.493 e. The lowest BCUT2D eigenvalue weighted by Gasteiger charge is -2.31. The second-order valence-corrected chi connectivity index (χ2v) is 8.42. The molecule has 5 heteroatoms. The second-order valence-electron chi connectivity index (χ2n) is 5.48. The number of hydrogen-bond donors (Lipinski definition) is 0. The summed E-state index contributed by atoms with van der Waals surface area (Å²) in [6, 6.07) is 15.8. The average Bonchev–Trinajstić information content (AvgIpc) is 2.67. The summed E-state index contributed by atoms with van der Waals surface area (Å²) in [5.41, 5.74) is 2.07. The first-order valence-corrected chi connectivity index (χ1v) is 9.84. The van der Waals surface area contributed by atoms with Gasteiger partial charge in [0.05, 0.1) is 7.11 Å². The lowest BCUT2D eigenvalue weighted by Crippen LogP contribution is -2.24. The number of carbonyl (C=O) groups excluding carboxylic acids is 1. The molecule has 0 spiro atoms. The molecule has 126 valence electrons. The summed E-state index contributed by atoms with van der Waals surface area (Å²) < 4.78 is 10.9. The smallest absolute Gasteiger partial charge is 0.161 e. The van der Waals surface area contributed by atoms with E-state index in [1.807, 2.05) is 48.5 Å². The normalized spacial score (nSPS) is 16.4. The molecule has 0 unspecified atom stereocenters. The molecular formula is C19H20O3S2. The Labute approximate surface area is 151 Å². The van der Waals surface area contributed by atoms with Crippen LogP contribution in [0.3, 0.4) is 0 Å². The molecule has 0 N–H and O–H groups in total. The van der Waals surface area contributed by atoms with Gasteiger partial charge in [-0.15, -0.1) is 23.5 Å². The minimum absolute atomic E-state index is 0.485. The quantitative estimate of drug-likeness (QED) is 0.709. The van der Waals surface area contributed by atoms with Crippen LogP contribution in [0.1, 0.15) is 17.5 Å². The van der Waals surface area contributed by atoms with Gasteiger partial charge >= 0.3 is 0 Å². The molecule has 3 rings (SSSR count). The van der Waals surface area contributed by atoms with Crippen LogP contribution in [0.4, 0.5) is 0 Å². The van der Waals surface area contributed by atoms with E-state index >= 15 is 0 Å². The molecule has 0 aromatic heterocycles. The Balaban J connectivity index is 1.81. The van der Waals surface area contributed by atoms with E-state index in [1.165, 1.54) is 0 Å². The Morgan fingerprint density at radius 1 is 1.08 bits per heavy atom. The van der Waals surface area contributed by atoms with Crippen LogP contribution in [0.2, 0.25) is 0 Å². The van der Waals surface area contributed by atoms with Gasteiger partial charge < -0.3 is 14.3 Å². The maximum absolute atomic E-state index is 11.8. The summed E-state index contributed by atoms with van der Waals surface area (Å²) in [6.45, 7) is 0.485. The molecule has 0 atom stereocenters. The van der Waals surface area contributed by atoms with E-state index in [1.54, 1.807) is 30.6 Å². The summed E-state index contributed by atoms with van der Waals surface area (Å²) in [6.07, 6.45) is 2.20. The highest BCUT2D eigenvalue weighted by atomic mass is 32.2. The zero-order valence-corrected chi connectivity index (χ0v) is 15.2. The summed E-state index contributed by atoms with van der Waals surface area (Å²) >= 11 is 3.40. The van der Waals surface area contributed by atoms with E-state index in [-0.39, 0.29) is 0 Å². The third kappa shape index (κ3) is 3.73. The monoisotopic (exact) mass is 360 g/mol. The molecule has 1 saturated heterocycles. The van der Waals surface area contributed by atoms with Gasteiger partial charge in [-0.2, -0.15) is 0 Å². The van der Waals surface area contributed by atoms with Gasteiger partial charge in [0.2, 0.25) is 0 Å². The van der Waals surface area contributed by atoms with Crippen LogP contribution >= 0.6 is 23.5 Å². The maximum Gasteiger partial charge on any atom is 0.161 e. The Hall–Kier alpha value is -1.59. The number of ether oxygens (including phenoxy) is 2. The number of thioether (sulfide) groups is 2. The van der Waals surface area contributed by atoms with E-state index in [0.29, 0.717) is 18.1 Å². The number of hydrogen-bond acceptors (Lipinski definition) is 5. The first-order chi connectivity index (χ1) is 11.8. The maximum atomic E-state index is 11.8. The molecule has 0 aliphatic carbocycles. The zero-order chi connectivity index (χ0) is 16.8. The Morgan fingerprint density at radius 2 is 1.83 bits per heavy atom. The highest BCUT2D eigenvalue weighted by Crippen LogP contribution is 2.50. The lowest BCUT2D eigenvalue weighted by molar-refractivity contribution is -0.108. The number of benzene rings is 2. The van der Waals surface area contributed by atoms with Crippen LogP contribution in [0.25, 0.3) is 0 Å². The topological polar surface area (TPSA) is 35.5 Å². The van der Waals surface area contributed by atoms with Crippen molar-refractivity contribution in [1.29, 1.82) is 0 Å². The van der Waals surface area contributed by atoms with Crippen LogP contribution in [-0.2, 0) is 15.5 Å². The van der Waals surface area contributed by atoms with Crippen molar-refractivity contribution in [2.75, 3.05) is 18.6 Å². The molecule has 24 heavy (non-hydrogen) atoms. The van der Waals surface area contributed by atoms with Crippen LogP contribution in [0, 0.1) is 0 Å². The standard InChI is InChI=1S/C19H20O3S2/c1-21-18-12-16(19(14-20)23-10-5-11-24-19)8-9-17(18)22-13-15-6-3-2-4-7-15/h2-4,6-9,12,14H,5,10-11,13H2,1H3. The predicted molar refractivity (Wildman–Crippen MR) is 101 cm³/mol. The van der Waals surface area contributed by atoms with Crippen molar-refractivity contribution in [3.63, 3.8) is 0 Å². The Kier molecular flexibility index (Phi) is 5.74. The summed E-state index contributed by atoms with van der Waals surface area (Å²) in [7, 11) is 1.63. The summed E-state index contributed by atoms with van der Waals surface area (Å²) in [5, 5.41) is 0. The highest BCUT2D eigenvalue weighted by molar-refractivity contribution is 8.19. The van der Waals surface area contributed by atoms with Gasteiger partial charge in [0, 0.05) is 0 Å². The molecular weight excluding hydrogens is 340 g/mol. The van der Waals surface area contributed by atoms with Crippen molar-refractivity contribution in [2.24, 2.45) is 0 Å². The van der Waals surface area contributed by atoms with Crippen LogP contribution < -0.4 is 9.47 Å². The van der Waals surface area contributed by atoms with Crippen LogP contribution in [-0.4, -0.2) is 24.9 Å². The van der Waals surface area contributed by atoms with Gasteiger partial charge in [0.1, 0.15) is 10.7 Å². The number of rotatable bonds is 6. The van der Waals surface area contributed by atoms with E-state index in [0.717, 1.165) is 35.3 Å². The molecule has 0 amide bonds. The Morgan fingerprint density at radius 3 is 2.50 bits per heavy atom. The van der Waals surface area contributed by atoms with Gasteiger partial charge in [0.25, 0.3) is 0 Å². The molecule has 0 bridgehead atoms. The largest absolute Gasteiger partial charge is 0.493 e. The molecule has 0 saturated carbocycles. The molecule has 3 nitrogen and oxygen atoms in total. The minimum atomic E-state index is -0.524. The molecule has 2 aromatic carbocycles. The number of aldehydes is 1. The van der Waals surface area contributed by atoms with Gasteiger partial charge in [-0.05, 0) is 41.2 Å².